The number of aromatic nitrogens is 1. The first-order chi connectivity index (χ1) is 13.6. The molecular formula is C23H23N3O2. The van der Waals surface area contributed by atoms with Crippen molar-refractivity contribution in [1.29, 1.82) is 0 Å². The van der Waals surface area contributed by atoms with Gasteiger partial charge in [-0.2, -0.15) is 0 Å². The minimum absolute atomic E-state index is 0.188. The molecule has 2 N–H and O–H groups in total. The second-order valence-electron chi connectivity index (χ2n) is 6.44. The van der Waals surface area contributed by atoms with Gasteiger partial charge in [0, 0.05) is 23.1 Å². The number of hydrogen-bond acceptors (Lipinski definition) is 3. The predicted molar refractivity (Wildman–Crippen MR) is 112 cm³/mol. The van der Waals surface area contributed by atoms with E-state index in [-0.39, 0.29) is 17.5 Å². The number of carbonyl (C=O) groups is 2. The molecule has 0 aliphatic rings. The molecule has 0 unspecified atom stereocenters. The van der Waals surface area contributed by atoms with E-state index in [1.54, 1.807) is 6.07 Å². The molecule has 0 aliphatic heterocycles. The van der Waals surface area contributed by atoms with Gasteiger partial charge in [0.1, 0.15) is 5.69 Å². The molecule has 1 heterocycles. The molecule has 0 radical (unpaired) electrons. The van der Waals surface area contributed by atoms with Crippen LogP contribution in [-0.2, 0) is 12.8 Å². The maximum atomic E-state index is 12.5. The first-order valence-electron chi connectivity index (χ1n) is 9.35. The van der Waals surface area contributed by atoms with Crippen LogP contribution in [-0.4, -0.2) is 16.8 Å². The summed E-state index contributed by atoms with van der Waals surface area (Å²) in [7, 11) is 0. The number of nitrogens with zero attached hydrogens (tertiary/aromatic N) is 1. The van der Waals surface area contributed by atoms with Crippen molar-refractivity contribution >= 4 is 23.2 Å². The van der Waals surface area contributed by atoms with Gasteiger partial charge in [-0.25, -0.2) is 0 Å². The van der Waals surface area contributed by atoms with Crippen LogP contribution in [0.2, 0.25) is 0 Å². The van der Waals surface area contributed by atoms with Gasteiger partial charge in [0.15, 0.2) is 0 Å². The van der Waals surface area contributed by atoms with Crippen molar-refractivity contribution in [3.63, 3.8) is 0 Å². The summed E-state index contributed by atoms with van der Waals surface area (Å²) >= 11 is 0. The summed E-state index contributed by atoms with van der Waals surface area (Å²) in [6, 6.07) is 18.4. The van der Waals surface area contributed by atoms with Crippen molar-refractivity contribution in [1.82, 2.24) is 4.98 Å². The summed E-state index contributed by atoms with van der Waals surface area (Å²) in [5.74, 6) is -0.640. The highest BCUT2D eigenvalue weighted by Crippen LogP contribution is 2.14. The number of nitrogens with one attached hydrogen (secondary N) is 2. The molecule has 142 valence electrons. The van der Waals surface area contributed by atoms with E-state index < -0.39 is 0 Å². The van der Waals surface area contributed by atoms with E-state index >= 15 is 0 Å². The van der Waals surface area contributed by atoms with Gasteiger partial charge in [-0.1, -0.05) is 38.1 Å². The molecule has 3 rings (SSSR count). The largest absolute Gasteiger partial charge is 0.322 e. The Kier molecular flexibility index (Phi) is 6.17. The summed E-state index contributed by atoms with van der Waals surface area (Å²) in [5.41, 5.74) is 4.36. The van der Waals surface area contributed by atoms with E-state index in [1.165, 1.54) is 23.4 Å². The van der Waals surface area contributed by atoms with Gasteiger partial charge in [0.05, 0.1) is 0 Å². The zero-order valence-electron chi connectivity index (χ0n) is 16.0. The van der Waals surface area contributed by atoms with Crippen molar-refractivity contribution in [3.05, 3.63) is 89.2 Å². The number of carbonyl (C=O) groups excluding carboxylic acids is 2. The highest BCUT2D eigenvalue weighted by molar-refractivity contribution is 6.07. The zero-order valence-corrected chi connectivity index (χ0v) is 16.0. The van der Waals surface area contributed by atoms with Gasteiger partial charge in [0.25, 0.3) is 11.8 Å². The minimum Gasteiger partial charge on any atom is -0.322 e. The highest BCUT2D eigenvalue weighted by atomic mass is 16.2. The van der Waals surface area contributed by atoms with Crippen molar-refractivity contribution in [2.24, 2.45) is 0 Å². The zero-order chi connectivity index (χ0) is 19.9. The van der Waals surface area contributed by atoms with E-state index in [4.69, 9.17) is 0 Å². The molecule has 0 saturated carbocycles. The molecule has 0 aliphatic carbocycles. The monoisotopic (exact) mass is 373 g/mol. The van der Waals surface area contributed by atoms with E-state index in [0.717, 1.165) is 12.8 Å². The van der Waals surface area contributed by atoms with Crippen LogP contribution in [0.4, 0.5) is 11.4 Å². The second kappa shape index (κ2) is 8.95. The number of amides is 2. The summed E-state index contributed by atoms with van der Waals surface area (Å²) in [5, 5.41) is 5.64. The fourth-order valence-corrected chi connectivity index (χ4v) is 2.74. The third-order valence-electron chi connectivity index (χ3n) is 4.49. The van der Waals surface area contributed by atoms with Crippen LogP contribution >= 0.6 is 0 Å². The topological polar surface area (TPSA) is 71.1 Å². The SMILES string of the molecule is CCc1ccc(NC(=O)c2ccnc(C(=O)Nc3ccc(CC)cc3)c2)cc1. The van der Waals surface area contributed by atoms with E-state index in [0.29, 0.717) is 16.9 Å². The third kappa shape index (κ3) is 4.82. The van der Waals surface area contributed by atoms with Crippen molar-refractivity contribution < 1.29 is 9.59 Å². The van der Waals surface area contributed by atoms with Gasteiger partial charge < -0.3 is 10.6 Å². The molecule has 0 spiro atoms. The first kappa shape index (κ1) is 19.3. The van der Waals surface area contributed by atoms with Crippen LogP contribution in [0.1, 0.15) is 45.8 Å². The maximum Gasteiger partial charge on any atom is 0.274 e. The first-order valence-corrected chi connectivity index (χ1v) is 9.35. The summed E-state index contributed by atoms with van der Waals surface area (Å²) < 4.78 is 0. The average Bonchev–Trinajstić information content (AvgIpc) is 2.75. The summed E-state index contributed by atoms with van der Waals surface area (Å²) in [6.07, 6.45) is 3.34. The molecule has 0 bridgehead atoms. The number of anilines is 2. The van der Waals surface area contributed by atoms with Gasteiger partial charge in [-0.3, -0.25) is 14.6 Å². The molecule has 0 fully saturated rings. The number of pyridine rings is 1. The van der Waals surface area contributed by atoms with Gasteiger partial charge in [0.2, 0.25) is 0 Å². The molecule has 2 amide bonds. The predicted octanol–water partition coefficient (Wildman–Crippen LogP) is 4.71. The molecule has 5 heteroatoms. The molecule has 5 nitrogen and oxygen atoms in total. The fourth-order valence-electron chi connectivity index (χ4n) is 2.74. The molecule has 28 heavy (non-hydrogen) atoms. The quantitative estimate of drug-likeness (QED) is 0.657. The lowest BCUT2D eigenvalue weighted by Gasteiger charge is -2.08. The number of aryl methyl sites for hydroxylation is 2. The number of hydrogen-bond donors (Lipinski definition) is 2. The normalized spacial score (nSPS) is 10.4. The lowest BCUT2D eigenvalue weighted by Crippen LogP contribution is -2.17. The Bertz CT molecular complexity index is 887. The molecule has 0 atom stereocenters. The Morgan fingerprint density at radius 2 is 1.25 bits per heavy atom. The number of benzene rings is 2. The Morgan fingerprint density at radius 1 is 0.750 bits per heavy atom. The van der Waals surface area contributed by atoms with E-state index in [2.05, 4.69) is 29.5 Å². The van der Waals surface area contributed by atoms with Crippen LogP contribution in [0, 0.1) is 0 Å². The number of rotatable bonds is 6. The van der Waals surface area contributed by atoms with E-state index in [9.17, 15) is 9.59 Å². The third-order valence-corrected chi connectivity index (χ3v) is 4.49. The van der Waals surface area contributed by atoms with Crippen molar-refractivity contribution in [3.8, 4) is 0 Å². The van der Waals surface area contributed by atoms with Gasteiger partial charge in [-0.05, 0) is 60.4 Å². The van der Waals surface area contributed by atoms with Crippen LogP contribution in [0.5, 0.6) is 0 Å². The summed E-state index contributed by atoms with van der Waals surface area (Å²) in [6.45, 7) is 4.15. The van der Waals surface area contributed by atoms with Crippen molar-refractivity contribution in [2.45, 2.75) is 26.7 Å². The molecule has 2 aromatic carbocycles. The Labute approximate surface area is 164 Å². The van der Waals surface area contributed by atoms with Crippen LogP contribution in [0.15, 0.2) is 66.9 Å². The highest BCUT2D eigenvalue weighted by Gasteiger charge is 2.12. The van der Waals surface area contributed by atoms with Crippen LogP contribution in [0.3, 0.4) is 0 Å². The summed E-state index contributed by atoms with van der Waals surface area (Å²) in [4.78, 5) is 29.1. The lowest BCUT2D eigenvalue weighted by atomic mass is 10.1. The Balaban J connectivity index is 1.69. The molecule has 3 aromatic rings. The Morgan fingerprint density at radius 3 is 1.75 bits per heavy atom. The van der Waals surface area contributed by atoms with Crippen LogP contribution < -0.4 is 10.6 Å². The molecule has 1 aromatic heterocycles. The smallest absolute Gasteiger partial charge is 0.274 e. The maximum absolute atomic E-state index is 12.5. The average molecular weight is 373 g/mol. The van der Waals surface area contributed by atoms with Gasteiger partial charge in [-0.15, -0.1) is 0 Å². The van der Waals surface area contributed by atoms with Crippen LogP contribution in [0.25, 0.3) is 0 Å². The second-order valence-corrected chi connectivity index (χ2v) is 6.44. The lowest BCUT2D eigenvalue weighted by molar-refractivity contribution is 0.102. The molecular weight excluding hydrogens is 350 g/mol. The van der Waals surface area contributed by atoms with Crippen molar-refractivity contribution in [2.75, 3.05) is 10.6 Å². The fraction of sp³-hybridized carbons (Fsp3) is 0.174. The standard InChI is InChI=1S/C23H23N3O2/c1-3-16-5-9-19(10-6-16)25-22(27)18-13-14-24-21(15-18)23(28)26-20-11-7-17(4-2)8-12-20/h5-15H,3-4H2,1-2H3,(H,25,27)(H,26,28). The Hall–Kier alpha value is -3.47. The molecule has 0 saturated heterocycles. The van der Waals surface area contributed by atoms with E-state index in [1.807, 2.05) is 48.5 Å². The minimum atomic E-state index is -0.355. The van der Waals surface area contributed by atoms with Gasteiger partial charge >= 0.3 is 0 Å².